The van der Waals surface area contributed by atoms with Crippen LogP contribution in [0.15, 0.2) is 0 Å². The lowest BCUT2D eigenvalue weighted by molar-refractivity contribution is -0.154. The van der Waals surface area contributed by atoms with Crippen LogP contribution >= 0.6 is 0 Å². The minimum Gasteiger partial charge on any atom is -0.481 e. The predicted octanol–water partition coefficient (Wildman–Crippen LogP) is 2.18. The highest BCUT2D eigenvalue weighted by atomic mass is 16.4. The Labute approximate surface area is 85.1 Å². The molecule has 3 heteroatoms. The molecule has 2 atom stereocenters. The summed E-state index contributed by atoms with van der Waals surface area (Å²) in [5.74, 6) is -0.718. The molecule has 0 aliphatic heterocycles. The molecule has 0 aromatic heterocycles. The van der Waals surface area contributed by atoms with Crippen molar-refractivity contribution in [1.82, 2.24) is 0 Å². The second kappa shape index (κ2) is 4.78. The van der Waals surface area contributed by atoms with E-state index in [9.17, 15) is 15.0 Å². The van der Waals surface area contributed by atoms with E-state index in [1.807, 2.05) is 0 Å². The van der Waals surface area contributed by atoms with Gasteiger partial charge in [0.2, 0.25) is 0 Å². The van der Waals surface area contributed by atoms with Crippen LogP contribution in [0.1, 0.15) is 51.9 Å². The molecule has 0 spiro atoms. The van der Waals surface area contributed by atoms with Crippen LogP contribution in [0.3, 0.4) is 0 Å². The van der Waals surface area contributed by atoms with E-state index in [4.69, 9.17) is 0 Å². The fourth-order valence-electron chi connectivity index (χ4n) is 2.37. The maximum atomic E-state index is 11.2. The van der Waals surface area contributed by atoms with Gasteiger partial charge in [0.1, 0.15) is 0 Å². The summed E-state index contributed by atoms with van der Waals surface area (Å²) in [6.07, 6.45) is 5.07. The monoisotopic (exact) mass is 200 g/mol. The molecule has 1 rings (SSSR count). The third-order valence-electron chi connectivity index (χ3n) is 3.28. The van der Waals surface area contributed by atoms with Gasteiger partial charge in [-0.1, -0.05) is 19.8 Å². The van der Waals surface area contributed by atoms with Crippen molar-refractivity contribution in [2.75, 3.05) is 0 Å². The van der Waals surface area contributed by atoms with Crippen molar-refractivity contribution in [2.24, 2.45) is 5.41 Å². The highest BCUT2D eigenvalue weighted by Crippen LogP contribution is 2.40. The lowest BCUT2D eigenvalue weighted by Crippen LogP contribution is -2.38. The molecule has 0 bridgehead atoms. The molecule has 2 unspecified atom stereocenters. The number of carboxylic acid groups (broad SMARTS) is 1. The van der Waals surface area contributed by atoms with E-state index in [-0.39, 0.29) is 0 Å². The molecule has 1 aliphatic rings. The van der Waals surface area contributed by atoms with Crippen molar-refractivity contribution in [3.8, 4) is 0 Å². The first-order chi connectivity index (χ1) is 6.60. The van der Waals surface area contributed by atoms with Crippen LogP contribution in [-0.4, -0.2) is 22.3 Å². The van der Waals surface area contributed by atoms with Gasteiger partial charge in [-0.15, -0.1) is 0 Å². The average Bonchev–Trinajstić information content (AvgIpc) is 2.14. The summed E-state index contributed by atoms with van der Waals surface area (Å²) in [6.45, 7) is 2.06. The molecule has 1 aliphatic carbocycles. The summed E-state index contributed by atoms with van der Waals surface area (Å²) in [5.41, 5.74) is -0.631. The Kier molecular flexibility index (Phi) is 3.93. The summed E-state index contributed by atoms with van der Waals surface area (Å²) in [4.78, 5) is 11.2. The van der Waals surface area contributed by atoms with E-state index in [1.165, 1.54) is 0 Å². The zero-order valence-corrected chi connectivity index (χ0v) is 8.83. The van der Waals surface area contributed by atoms with Crippen LogP contribution in [0.2, 0.25) is 0 Å². The Morgan fingerprint density at radius 1 is 1.57 bits per heavy atom. The molecule has 82 valence electrons. The van der Waals surface area contributed by atoms with Crippen LogP contribution < -0.4 is 0 Å². The van der Waals surface area contributed by atoms with Gasteiger partial charge in [-0.05, 0) is 32.1 Å². The van der Waals surface area contributed by atoms with E-state index in [0.717, 1.165) is 38.5 Å². The van der Waals surface area contributed by atoms with Gasteiger partial charge in [0.15, 0.2) is 0 Å². The molecule has 1 saturated carbocycles. The molecule has 0 saturated heterocycles. The fraction of sp³-hybridized carbons (Fsp3) is 0.909. The normalized spacial score (nSPS) is 32.9. The zero-order valence-electron chi connectivity index (χ0n) is 8.83. The van der Waals surface area contributed by atoms with Crippen molar-refractivity contribution < 1.29 is 15.0 Å². The first kappa shape index (κ1) is 11.5. The van der Waals surface area contributed by atoms with Crippen molar-refractivity contribution in [2.45, 2.75) is 58.0 Å². The van der Waals surface area contributed by atoms with E-state index in [0.29, 0.717) is 6.42 Å². The molecule has 1 fully saturated rings. The van der Waals surface area contributed by atoms with E-state index >= 15 is 0 Å². The van der Waals surface area contributed by atoms with Crippen molar-refractivity contribution in [3.05, 3.63) is 0 Å². The lowest BCUT2D eigenvalue weighted by atomic mass is 9.70. The minimum atomic E-state index is -0.718. The molecule has 0 radical (unpaired) electrons. The van der Waals surface area contributed by atoms with Crippen LogP contribution in [0, 0.1) is 5.41 Å². The first-order valence-electron chi connectivity index (χ1n) is 5.52. The predicted molar refractivity (Wildman–Crippen MR) is 54.1 cm³/mol. The summed E-state index contributed by atoms with van der Waals surface area (Å²) in [7, 11) is 0. The molecule has 0 heterocycles. The Hall–Kier alpha value is -0.570. The second-order valence-electron chi connectivity index (χ2n) is 4.44. The minimum absolute atomic E-state index is 0.406. The largest absolute Gasteiger partial charge is 0.481 e. The van der Waals surface area contributed by atoms with Gasteiger partial charge in [0.25, 0.3) is 0 Å². The molecule has 2 N–H and O–H groups in total. The van der Waals surface area contributed by atoms with Gasteiger partial charge < -0.3 is 10.2 Å². The quantitative estimate of drug-likeness (QED) is 0.731. The van der Waals surface area contributed by atoms with Crippen molar-refractivity contribution in [3.63, 3.8) is 0 Å². The standard InChI is InChI=1S/C11H20O3/c1-2-3-6-11(10(13)14)7-4-5-9(12)8-11/h9,12H,2-8H2,1H3,(H,13,14). The number of hydrogen-bond acceptors (Lipinski definition) is 2. The zero-order chi connectivity index (χ0) is 10.6. The molecular weight excluding hydrogens is 180 g/mol. The molecule has 0 amide bonds. The maximum Gasteiger partial charge on any atom is 0.309 e. The fourth-order valence-corrected chi connectivity index (χ4v) is 2.37. The van der Waals surface area contributed by atoms with E-state index in [1.54, 1.807) is 0 Å². The number of aliphatic hydroxyl groups is 1. The summed E-state index contributed by atoms with van der Waals surface area (Å²) < 4.78 is 0. The molecule has 14 heavy (non-hydrogen) atoms. The summed E-state index contributed by atoms with van der Waals surface area (Å²) in [6, 6.07) is 0. The number of hydrogen-bond donors (Lipinski definition) is 2. The number of rotatable bonds is 4. The van der Waals surface area contributed by atoms with Gasteiger partial charge in [-0.25, -0.2) is 0 Å². The lowest BCUT2D eigenvalue weighted by Gasteiger charge is -2.35. The Bertz CT molecular complexity index is 203. The second-order valence-corrected chi connectivity index (χ2v) is 4.44. The highest BCUT2D eigenvalue weighted by Gasteiger charge is 2.41. The topological polar surface area (TPSA) is 57.5 Å². The average molecular weight is 200 g/mol. The van der Waals surface area contributed by atoms with Gasteiger partial charge in [0, 0.05) is 0 Å². The van der Waals surface area contributed by atoms with Crippen LogP contribution in [0.5, 0.6) is 0 Å². The SMILES string of the molecule is CCCCC1(C(=O)O)CCCC(O)C1. The van der Waals surface area contributed by atoms with Gasteiger partial charge in [-0.3, -0.25) is 4.79 Å². The van der Waals surface area contributed by atoms with Crippen LogP contribution in [0.25, 0.3) is 0 Å². The number of aliphatic carboxylic acids is 1. The molecule has 0 aromatic carbocycles. The van der Waals surface area contributed by atoms with Gasteiger partial charge in [-0.2, -0.15) is 0 Å². The highest BCUT2D eigenvalue weighted by molar-refractivity contribution is 5.74. The summed E-state index contributed by atoms with van der Waals surface area (Å²) in [5, 5.41) is 18.8. The Morgan fingerprint density at radius 2 is 2.29 bits per heavy atom. The Balaban J connectivity index is 2.65. The van der Waals surface area contributed by atoms with Crippen LogP contribution in [0.4, 0.5) is 0 Å². The van der Waals surface area contributed by atoms with Crippen LogP contribution in [-0.2, 0) is 4.79 Å². The smallest absolute Gasteiger partial charge is 0.309 e. The van der Waals surface area contributed by atoms with Crippen molar-refractivity contribution in [1.29, 1.82) is 0 Å². The van der Waals surface area contributed by atoms with Crippen molar-refractivity contribution >= 4 is 5.97 Å². The van der Waals surface area contributed by atoms with Gasteiger partial charge in [0.05, 0.1) is 11.5 Å². The summed E-state index contributed by atoms with van der Waals surface area (Å²) >= 11 is 0. The maximum absolute atomic E-state index is 11.2. The molecule has 3 nitrogen and oxygen atoms in total. The first-order valence-corrected chi connectivity index (χ1v) is 5.52. The molecule has 0 aromatic rings. The van der Waals surface area contributed by atoms with E-state index < -0.39 is 17.5 Å². The number of carboxylic acids is 1. The number of aliphatic hydroxyl groups excluding tert-OH is 1. The van der Waals surface area contributed by atoms with E-state index in [2.05, 4.69) is 6.92 Å². The van der Waals surface area contributed by atoms with Gasteiger partial charge >= 0.3 is 5.97 Å². The third kappa shape index (κ3) is 2.47. The molecular formula is C11H20O3. The number of unbranched alkanes of at least 4 members (excludes halogenated alkanes) is 1. The number of carbonyl (C=O) groups is 1. The third-order valence-corrected chi connectivity index (χ3v) is 3.28. The Morgan fingerprint density at radius 3 is 2.79 bits per heavy atom.